The fourth-order valence-corrected chi connectivity index (χ4v) is 8.76. The van der Waals surface area contributed by atoms with Crippen LogP contribution in [0.15, 0.2) is 170 Å². The number of phenols is 3. The Hall–Kier alpha value is -6.78. The van der Waals surface area contributed by atoms with Crippen LogP contribution in [0, 0.1) is 0 Å². The van der Waals surface area contributed by atoms with E-state index in [2.05, 4.69) is 50.2 Å². The fourth-order valence-electron chi connectivity index (χ4n) is 8.76. The van der Waals surface area contributed by atoms with Crippen molar-refractivity contribution >= 4 is 48.8 Å². The first-order valence-corrected chi connectivity index (χ1v) is 18.2. The Morgan fingerprint density at radius 1 is 0.352 bits per heavy atom. The molecule has 0 bridgehead atoms. The standard InChI is InChI=1S/C50H39NO3/c1-49(41-26-22-31-12-3-7-18-37(31)45(41)51,42-27-23-32-13-4-8-19-38(32)46(42)52)35-16-11-17-36(30-35)50(2,43-28-24-33-14-5-9-20-39(33)47(43)53)44-29-25-34-15-6-10-21-40(34)48(44)54/h3-30,52-54H,51H2,1-2H3. The lowest BCUT2D eigenvalue weighted by Gasteiger charge is -2.37. The third-order valence-electron chi connectivity index (χ3n) is 11.8. The number of phenolic OH excluding ortho intramolecular Hbond substituents is 3. The van der Waals surface area contributed by atoms with Gasteiger partial charge in [-0.2, -0.15) is 0 Å². The number of hydrogen-bond donors (Lipinski definition) is 4. The molecule has 0 saturated carbocycles. The minimum atomic E-state index is -1.04. The lowest BCUT2D eigenvalue weighted by Crippen LogP contribution is -2.30. The fraction of sp³-hybridized carbons (Fsp3) is 0.0800. The Morgan fingerprint density at radius 3 is 1.07 bits per heavy atom. The summed E-state index contributed by atoms with van der Waals surface area (Å²) in [6, 6.07) is 56.0. The molecule has 0 radical (unpaired) electrons. The SMILES string of the molecule is CC(c1cccc(C(C)(c2ccc3ccccc3c2O)c2ccc3ccccc3c2O)c1)(c1ccc2ccccc2c1N)c1ccc2ccccc2c1O. The van der Waals surface area contributed by atoms with E-state index in [-0.39, 0.29) is 17.2 Å². The first-order chi connectivity index (χ1) is 26.2. The number of aromatic hydroxyl groups is 3. The number of rotatable bonds is 6. The molecule has 4 heteroatoms. The molecule has 0 aromatic heterocycles. The second-order valence-corrected chi connectivity index (χ2v) is 14.6. The van der Waals surface area contributed by atoms with E-state index in [0.717, 1.165) is 59.8 Å². The van der Waals surface area contributed by atoms with Crippen LogP contribution in [-0.2, 0) is 10.8 Å². The Bertz CT molecular complexity index is 2560. The van der Waals surface area contributed by atoms with E-state index >= 15 is 0 Å². The van der Waals surface area contributed by atoms with Gasteiger partial charge < -0.3 is 21.1 Å². The van der Waals surface area contributed by atoms with Gasteiger partial charge in [-0.1, -0.05) is 170 Å². The van der Waals surface area contributed by atoms with Crippen LogP contribution in [0.25, 0.3) is 43.1 Å². The summed E-state index contributed by atoms with van der Waals surface area (Å²) >= 11 is 0. The van der Waals surface area contributed by atoms with Gasteiger partial charge in [0.05, 0.1) is 0 Å². The summed E-state index contributed by atoms with van der Waals surface area (Å²) in [6.07, 6.45) is 0. The molecule has 0 aliphatic rings. The zero-order valence-electron chi connectivity index (χ0n) is 30.1. The Balaban J connectivity index is 1.36. The summed E-state index contributed by atoms with van der Waals surface area (Å²) in [7, 11) is 0. The molecular formula is C50H39NO3. The molecule has 1 atom stereocenters. The van der Waals surface area contributed by atoms with E-state index < -0.39 is 10.8 Å². The third kappa shape index (κ3) is 4.84. The number of benzene rings is 9. The van der Waals surface area contributed by atoms with Gasteiger partial charge in [0.2, 0.25) is 0 Å². The highest BCUT2D eigenvalue weighted by Gasteiger charge is 2.40. The number of hydrogen-bond acceptors (Lipinski definition) is 4. The highest BCUT2D eigenvalue weighted by atomic mass is 16.3. The van der Waals surface area contributed by atoms with E-state index in [1.807, 2.05) is 133 Å². The molecular weight excluding hydrogens is 663 g/mol. The third-order valence-corrected chi connectivity index (χ3v) is 11.8. The minimum absolute atomic E-state index is 0.155. The summed E-state index contributed by atoms with van der Waals surface area (Å²) in [5.41, 5.74) is 10.4. The maximum absolute atomic E-state index is 12.2. The van der Waals surface area contributed by atoms with Crippen LogP contribution < -0.4 is 5.73 Å². The van der Waals surface area contributed by atoms with Gasteiger partial charge in [0.15, 0.2) is 0 Å². The molecule has 9 aromatic carbocycles. The molecule has 54 heavy (non-hydrogen) atoms. The molecule has 1 unspecified atom stereocenters. The van der Waals surface area contributed by atoms with Crippen molar-refractivity contribution in [1.29, 1.82) is 0 Å². The summed E-state index contributed by atoms with van der Waals surface area (Å²) in [4.78, 5) is 0. The van der Waals surface area contributed by atoms with Crippen molar-refractivity contribution in [2.45, 2.75) is 24.7 Å². The monoisotopic (exact) mass is 701 g/mol. The van der Waals surface area contributed by atoms with E-state index in [1.54, 1.807) is 0 Å². The Morgan fingerprint density at radius 2 is 0.667 bits per heavy atom. The highest BCUT2D eigenvalue weighted by Crippen LogP contribution is 2.52. The van der Waals surface area contributed by atoms with E-state index in [9.17, 15) is 15.3 Å². The van der Waals surface area contributed by atoms with E-state index in [1.165, 1.54) is 0 Å². The van der Waals surface area contributed by atoms with Crippen LogP contribution in [-0.4, -0.2) is 15.3 Å². The molecule has 0 spiro atoms. The minimum Gasteiger partial charge on any atom is -0.507 e. The molecule has 0 aliphatic heterocycles. The predicted molar refractivity (Wildman–Crippen MR) is 223 cm³/mol. The second-order valence-electron chi connectivity index (χ2n) is 14.6. The molecule has 0 amide bonds. The number of anilines is 1. The van der Waals surface area contributed by atoms with Crippen molar-refractivity contribution in [3.63, 3.8) is 0 Å². The largest absolute Gasteiger partial charge is 0.507 e. The zero-order chi connectivity index (χ0) is 37.2. The van der Waals surface area contributed by atoms with Gasteiger partial charge in [-0.3, -0.25) is 0 Å². The summed E-state index contributed by atoms with van der Waals surface area (Å²) in [5, 5.41) is 43.4. The van der Waals surface area contributed by atoms with Gasteiger partial charge in [0.1, 0.15) is 17.2 Å². The van der Waals surface area contributed by atoms with E-state index in [0.29, 0.717) is 22.4 Å². The Labute approximate surface area is 314 Å². The lowest BCUT2D eigenvalue weighted by atomic mass is 9.65. The van der Waals surface area contributed by atoms with Gasteiger partial charge in [0, 0.05) is 54.8 Å². The maximum Gasteiger partial charge on any atom is 0.127 e. The normalized spacial score (nSPS) is 13.1. The average Bonchev–Trinajstić information content (AvgIpc) is 3.21. The van der Waals surface area contributed by atoms with Crippen LogP contribution in [0.5, 0.6) is 17.2 Å². The highest BCUT2D eigenvalue weighted by molar-refractivity contribution is 5.97. The van der Waals surface area contributed by atoms with Crippen molar-refractivity contribution in [3.8, 4) is 17.2 Å². The quantitative estimate of drug-likeness (QED) is 0.103. The van der Waals surface area contributed by atoms with Gasteiger partial charge >= 0.3 is 0 Å². The van der Waals surface area contributed by atoms with Gasteiger partial charge in [-0.15, -0.1) is 0 Å². The molecule has 0 aliphatic carbocycles. The van der Waals surface area contributed by atoms with Crippen molar-refractivity contribution in [1.82, 2.24) is 0 Å². The van der Waals surface area contributed by atoms with Crippen molar-refractivity contribution in [3.05, 3.63) is 203 Å². The lowest BCUT2D eigenvalue weighted by molar-refractivity contribution is 0.448. The van der Waals surface area contributed by atoms with E-state index in [4.69, 9.17) is 5.73 Å². The topological polar surface area (TPSA) is 86.7 Å². The number of nitrogen functional groups attached to an aromatic ring is 1. The Kier molecular flexibility index (Phi) is 7.61. The molecule has 9 aromatic rings. The predicted octanol–water partition coefficient (Wildman–Crippen LogP) is 11.7. The molecule has 262 valence electrons. The van der Waals surface area contributed by atoms with Gasteiger partial charge in [-0.05, 0) is 52.1 Å². The van der Waals surface area contributed by atoms with Crippen LogP contribution in [0.3, 0.4) is 0 Å². The van der Waals surface area contributed by atoms with Crippen LogP contribution >= 0.6 is 0 Å². The second kappa shape index (κ2) is 12.4. The van der Waals surface area contributed by atoms with Crippen molar-refractivity contribution in [2.75, 3.05) is 5.73 Å². The maximum atomic E-state index is 12.2. The van der Waals surface area contributed by atoms with Crippen LogP contribution in [0.4, 0.5) is 5.69 Å². The first kappa shape index (κ1) is 33.1. The molecule has 4 nitrogen and oxygen atoms in total. The van der Waals surface area contributed by atoms with Crippen LogP contribution in [0.1, 0.15) is 47.2 Å². The smallest absolute Gasteiger partial charge is 0.127 e. The summed E-state index contributed by atoms with van der Waals surface area (Å²) in [5.74, 6) is 0.500. The molecule has 0 fully saturated rings. The van der Waals surface area contributed by atoms with Crippen molar-refractivity contribution < 1.29 is 15.3 Å². The van der Waals surface area contributed by atoms with Gasteiger partial charge in [0.25, 0.3) is 0 Å². The molecule has 0 saturated heterocycles. The molecule has 0 heterocycles. The van der Waals surface area contributed by atoms with Crippen molar-refractivity contribution in [2.24, 2.45) is 0 Å². The zero-order valence-corrected chi connectivity index (χ0v) is 30.1. The first-order valence-electron chi connectivity index (χ1n) is 18.2. The average molecular weight is 702 g/mol. The van der Waals surface area contributed by atoms with Crippen LogP contribution in [0.2, 0.25) is 0 Å². The molecule has 9 rings (SSSR count). The number of fused-ring (bicyclic) bond motifs is 4. The summed E-state index contributed by atoms with van der Waals surface area (Å²) < 4.78 is 0. The summed E-state index contributed by atoms with van der Waals surface area (Å²) in [6.45, 7) is 4.18. The molecule has 5 N–H and O–H groups in total. The number of nitrogens with two attached hydrogens (primary N) is 1. The van der Waals surface area contributed by atoms with Gasteiger partial charge in [-0.25, -0.2) is 0 Å².